The molecule has 0 spiro atoms. The third-order valence-electron chi connectivity index (χ3n) is 4.59. The van der Waals surface area contributed by atoms with Gasteiger partial charge in [-0.05, 0) is 48.5 Å². The van der Waals surface area contributed by atoms with Crippen LogP contribution >= 0.6 is 65.8 Å². The number of rotatable bonds is 8. The van der Waals surface area contributed by atoms with Crippen LogP contribution in [0, 0.1) is 0 Å². The van der Waals surface area contributed by atoms with E-state index in [9.17, 15) is 9.36 Å². The zero-order valence-electron chi connectivity index (χ0n) is 21.1. The smallest absolute Gasteiger partial charge is 0.402 e. The van der Waals surface area contributed by atoms with Gasteiger partial charge >= 0.3 is 13.9 Å². The number of carbonyl (C=O) groups is 1. The normalized spacial score (nSPS) is 11.3. The van der Waals surface area contributed by atoms with Crippen LogP contribution in [0.15, 0.2) is 72.3 Å². The van der Waals surface area contributed by atoms with Gasteiger partial charge in [-0.2, -0.15) is 0 Å². The molecule has 0 unspecified atom stereocenters. The van der Waals surface area contributed by atoms with Crippen LogP contribution in [0.4, 0.5) is 10.5 Å². The number of para-hydroxylation sites is 1. The quantitative estimate of drug-likeness (QED) is 0.104. The molecular weight excluding hydrogens is 633 g/mol. The van der Waals surface area contributed by atoms with Gasteiger partial charge in [-0.25, -0.2) is 9.36 Å². The van der Waals surface area contributed by atoms with Crippen molar-refractivity contribution in [2.75, 3.05) is 33.4 Å². The molecule has 0 saturated heterocycles. The Hall–Kier alpha value is -2.13. The fraction of sp³-hybridized carbons (Fsp3) is 0.160. The van der Waals surface area contributed by atoms with Crippen LogP contribution in [0.5, 0.6) is 5.75 Å². The molecule has 0 radical (unpaired) electrons. The number of urea groups is 1. The molecule has 0 saturated carbocycles. The summed E-state index contributed by atoms with van der Waals surface area (Å²) >= 11 is 29.1. The summed E-state index contributed by atoms with van der Waals surface area (Å²) in [5.41, 5.74) is 2.00. The summed E-state index contributed by atoms with van der Waals surface area (Å²) in [4.78, 5) is 19.3. The summed E-state index contributed by atoms with van der Waals surface area (Å²) < 4.78 is 26.3. The highest BCUT2D eigenvalue weighted by molar-refractivity contribution is 7.48. The molecule has 8 nitrogen and oxygen atoms in total. The van der Waals surface area contributed by atoms with Gasteiger partial charge in [0, 0.05) is 44.4 Å². The fourth-order valence-electron chi connectivity index (χ4n) is 2.66. The van der Waals surface area contributed by atoms with Crippen molar-refractivity contribution in [1.82, 2.24) is 4.90 Å². The number of phosphoric acid groups is 1. The molecule has 0 fully saturated rings. The summed E-state index contributed by atoms with van der Waals surface area (Å²) in [5.74, 6) is 0.519. The number of phosphoric ester groups is 1. The molecule has 2 amide bonds. The summed E-state index contributed by atoms with van der Waals surface area (Å²) in [6, 6.07) is 18.6. The number of hydrogen-bond donors (Lipinski definition) is 0. The minimum absolute atomic E-state index is 0.0164. The predicted octanol–water partition coefficient (Wildman–Crippen LogP) is 9.42. The Morgan fingerprint density at radius 2 is 1.41 bits per heavy atom. The fourth-order valence-corrected chi connectivity index (χ4v) is 4.34. The molecule has 0 aliphatic heterocycles. The van der Waals surface area contributed by atoms with Gasteiger partial charge in [-0.15, -0.1) is 5.06 Å². The molecule has 3 aromatic rings. The Morgan fingerprint density at radius 3 is 1.92 bits per heavy atom. The highest BCUT2D eigenvalue weighted by Gasteiger charge is 2.27. The van der Waals surface area contributed by atoms with Gasteiger partial charge in [0.1, 0.15) is 0 Å². The van der Waals surface area contributed by atoms with E-state index in [1.165, 1.54) is 36.3 Å². The molecular formula is C25H24Cl5N2O6P. The van der Waals surface area contributed by atoms with Gasteiger partial charge in [-0.1, -0.05) is 76.2 Å². The van der Waals surface area contributed by atoms with Gasteiger partial charge in [0.25, 0.3) is 0 Å². The molecule has 39 heavy (non-hydrogen) atoms. The van der Waals surface area contributed by atoms with Crippen LogP contribution in [-0.2, 0) is 18.1 Å². The minimum Gasteiger partial charge on any atom is -0.402 e. The molecule has 0 aromatic heterocycles. The second-order valence-electron chi connectivity index (χ2n) is 7.48. The molecule has 0 aliphatic rings. The summed E-state index contributed by atoms with van der Waals surface area (Å²) in [5, 5.41) is 2.59. The van der Waals surface area contributed by atoms with Crippen molar-refractivity contribution in [1.29, 1.82) is 0 Å². The minimum atomic E-state index is -3.75. The maximum atomic E-state index is 12.2. The second-order valence-corrected chi connectivity index (χ2v) is 11.2. The molecule has 14 heteroatoms. The van der Waals surface area contributed by atoms with Gasteiger partial charge in [-0.3, -0.25) is 9.05 Å². The Morgan fingerprint density at radius 1 is 0.846 bits per heavy atom. The van der Waals surface area contributed by atoms with Crippen molar-refractivity contribution >= 4 is 83.3 Å². The molecule has 0 atom stereocenters. The number of carbonyl (C=O) groups excluding carboxylic acids is 1. The van der Waals surface area contributed by atoms with E-state index in [2.05, 4.69) is 9.05 Å². The number of halogens is 5. The molecule has 0 aliphatic carbocycles. The van der Waals surface area contributed by atoms with Crippen molar-refractivity contribution < 1.29 is 27.8 Å². The first-order valence-electron chi connectivity index (χ1n) is 10.8. The third kappa shape index (κ3) is 9.78. The van der Waals surface area contributed by atoms with Crippen molar-refractivity contribution in [3.8, 4) is 5.75 Å². The first kappa shape index (κ1) is 33.1. The van der Waals surface area contributed by atoms with Gasteiger partial charge in [0.05, 0.1) is 20.8 Å². The number of anilines is 1. The summed E-state index contributed by atoms with van der Waals surface area (Å²) in [7, 11) is 1.93. The van der Waals surface area contributed by atoms with Crippen LogP contribution in [-0.4, -0.2) is 39.2 Å². The van der Waals surface area contributed by atoms with Crippen LogP contribution in [0.2, 0.25) is 20.1 Å². The zero-order valence-corrected chi connectivity index (χ0v) is 25.8. The lowest BCUT2D eigenvalue weighted by molar-refractivity contribution is 0.190. The van der Waals surface area contributed by atoms with E-state index in [1.54, 1.807) is 50.5 Å². The number of amides is 2. The average Bonchev–Trinajstić information content (AvgIpc) is 2.94. The maximum Gasteiger partial charge on any atom is 0.529 e. The zero-order chi connectivity index (χ0) is 29.2. The second kappa shape index (κ2) is 15.6. The number of nitrogens with zero attached hydrogens (tertiary/aromatic N) is 2. The van der Waals surface area contributed by atoms with E-state index in [4.69, 9.17) is 67.4 Å². The topological polar surface area (TPSA) is 77.5 Å². The standard InChI is InChI=1S/C15H15ClN2O2.C10H9Cl4O4P/c1-17(2)15(19)18(13-6-4-3-5-7-13)20-14-10-8-12(16)9-11-14;1-16-19(15,17-2)18-10(5-11)6-3-8(13)9(14)4-7(6)12/h3-11H,1-2H3;3-5H,1-2H3. The molecule has 0 N–H and O–H groups in total. The number of hydrogen-bond acceptors (Lipinski definition) is 6. The van der Waals surface area contributed by atoms with Crippen molar-refractivity contribution in [3.05, 3.63) is 97.9 Å². The number of hydroxylamine groups is 1. The first-order valence-corrected chi connectivity index (χ1v) is 14.2. The molecule has 3 aromatic carbocycles. The SMILES string of the molecule is CN(C)C(=O)N(Oc1ccc(Cl)cc1)c1ccccc1.COP(=O)(OC)OC(=CCl)c1cc(Cl)c(Cl)cc1Cl. The van der Waals surface area contributed by atoms with Crippen LogP contribution in [0.25, 0.3) is 5.76 Å². The molecule has 0 bridgehead atoms. The van der Waals surface area contributed by atoms with E-state index in [0.29, 0.717) is 22.0 Å². The monoisotopic (exact) mass is 654 g/mol. The average molecular weight is 657 g/mol. The lowest BCUT2D eigenvalue weighted by Gasteiger charge is -2.25. The number of benzene rings is 3. The van der Waals surface area contributed by atoms with Crippen molar-refractivity contribution in [2.24, 2.45) is 0 Å². The predicted molar refractivity (Wildman–Crippen MR) is 158 cm³/mol. The molecule has 210 valence electrons. The summed E-state index contributed by atoms with van der Waals surface area (Å²) in [6.45, 7) is 0. The van der Waals surface area contributed by atoms with E-state index in [1.807, 2.05) is 18.2 Å². The van der Waals surface area contributed by atoms with Gasteiger partial charge < -0.3 is 14.3 Å². The van der Waals surface area contributed by atoms with E-state index < -0.39 is 7.82 Å². The Bertz CT molecular complexity index is 1320. The van der Waals surface area contributed by atoms with E-state index in [-0.39, 0.29) is 26.9 Å². The molecule has 0 heterocycles. The van der Waals surface area contributed by atoms with E-state index >= 15 is 0 Å². The van der Waals surface area contributed by atoms with Crippen LogP contribution < -0.4 is 9.90 Å². The maximum absolute atomic E-state index is 12.2. The Kier molecular flexibility index (Phi) is 13.2. The summed E-state index contributed by atoms with van der Waals surface area (Å²) in [6.07, 6.45) is 0. The Labute approximate surface area is 252 Å². The third-order valence-corrected chi connectivity index (χ3v) is 7.39. The largest absolute Gasteiger partial charge is 0.529 e. The highest BCUT2D eigenvalue weighted by atomic mass is 35.5. The van der Waals surface area contributed by atoms with Gasteiger partial charge in [0.2, 0.25) is 0 Å². The first-order chi connectivity index (χ1) is 18.4. The highest BCUT2D eigenvalue weighted by Crippen LogP contribution is 2.52. The van der Waals surface area contributed by atoms with Crippen molar-refractivity contribution in [2.45, 2.75) is 0 Å². The lowest BCUT2D eigenvalue weighted by Crippen LogP contribution is -2.41. The van der Waals surface area contributed by atoms with Crippen LogP contribution in [0.1, 0.15) is 5.56 Å². The van der Waals surface area contributed by atoms with Crippen molar-refractivity contribution in [3.63, 3.8) is 0 Å². The van der Waals surface area contributed by atoms with Gasteiger partial charge in [0.15, 0.2) is 11.5 Å². The Balaban J connectivity index is 0.000000274. The van der Waals surface area contributed by atoms with Crippen LogP contribution in [0.3, 0.4) is 0 Å². The lowest BCUT2D eigenvalue weighted by atomic mass is 10.2. The van der Waals surface area contributed by atoms with E-state index in [0.717, 1.165) is 5.54 Å². The molecule has 3 rings (SSSR count).